The zero-order valence-electron chi connectivity index (χ0n) is 13.5. The molecule has 4 nitrogen and oxygen atoms in total. The van der Waals surface area contributed by atoms with Crippen molar-refractivity contribution in [3.63, 3.8) is 0 Å². The molecule has 0 bridgehead atoms. The standard InChI is InChI=1S/C19H20N2O2S/c1-14(17-7-9-24-13-17)20-11-15-4-2-5-16(10-15)19(22)21-12-18-6-3-8-23-18/h2-10,13-14,20H,11-12H2,1H3,(H,21,22). The SMILES string of the molecule is CC(NCc1cccc(C(=O)NCc2ccco2)c1)c1ccsc1. The molecule has 0 fully saturated rings. The van der Waals surface area contributed by atoms with Crippen molar-refractivity contribution >= 4 is 17.2 Å². The summed E-state index contributed by atoms with van der Waals surface area (Å²) in [6.45, 7) is 3.25. The van der Waals surface area contributed by atoms with Crippen molar-refractivity contribution in [2.24, 2.45) is 0 Å². The van der Waals surface area contributed by atoms with E-state index >= 15 is 0 Å². The maximum Gasteiger partial charge on any atom is 0.251 e. The summed E-state index contributed by atoms with van der Waals surface area (Å²) >= 11 is 1.70. The molecule has 0 saturated heterocycles. The quantitative estimate of drug-likeness (QED) is 0.680. The van der Waals surface area contributed by atoms with Crippen LogP contribution in [0.2, 0.25) is 0 Å². The van der Waals surface area contributed by atoms with E-state index in [9.17, 15) is 4.79 Å². The van der Waals surface area contributed by atoms with Crippen molar-refractivity contribution in [3.8, 4) is 0 Å². The number of carbonyl (C=O) groups excluding carboxylic acids is 1. The number of amides is 1. The average Bonchev–Trinajstić information content (AvgIpc) is 3.31. The van der Waals surface area contributed by atoms with Crippen molar-refractivity contribution in [1.82, 2.24) is 10.6 Å². The van der Waals surface area contributed by atoms with Gasteiger partial charge in [-0.15, -0.1) is 0 Å². The van der Waals surface area contributed by atoms with Gasteiger partial charge in [-0.1, -0.05) is 12.1 Å². The van der Waals surface area contributed by atoms with Gasteiger partial charge in [-0.05, 0) is 59.1 Å². The molecule has 124 valence electrons. The molecule has 3 rings (SSSR count). The van der Waals surface area contributed by atoms with Crippen LogP contribution in [0.1, 0.15) is 40.2 Å². The van der Waals surface area contributed by atoms with Crippen molar-refractivity contribution in [3.05, 3.63) is 81.9 Å². The van der Waals surface area contributed by atoms with E-state index in [-0.39, 0.29) is 11.9 Å². The second-order valence-electron chi connectivity index (χ2n) is 5.62. The molecule has 2 heterocycles. The number of hydrogen-bond acceptors (Lipinski definition) is 4. The van der Waals surface area contributed by atoms with Crippen LogP contribution in [0.4, 0.5) is 0 Å². The first-order valence-electron chi connectivity index (χ1n) is 7.87. The van der Waals surface area contributed by atoms with E-state index in [0.717, 1.165) is 17.9 Å². The summed E-state index contributed by atoms with van der Waals surface area (Å²) in [6.07, 6.45) is 1.60. The summed E-state index contributed by atoms with van der Waals surface area (Å²) in [6, 6.07) is 13.7. The van der Waals surface area contributed by atoms with E-state index in [1.54, 1.807) is 17.6 Å². The molecular formula is C19H20N2O2S. The van der Waals surface area contributed by atoms with Crippen LogP contribution in [0, 0.1) is 0 Å². The maximum atomic E-state index is 12.2. The van der Waals surface area contributed by atoms with E-state index in [1.807, 2.05) is 36.4 Å². The molecule has 1 amide bonds. The van der Waals surface area contributed by atoms with Gasteiger partial charge in [0.2, 0.25) is 0 Å². The second-order valence-corrected chi connectivity index (χ2v) is 6.40. The molecule has 1 unspecified atom stereocenters. The predicted molar refractivity (Wildman–Crippen MR) is 95.9 cm³/mol. The summed E-state index contributed by atoms with van der Waals surface area (Å²) in [5.41, 5.74) is 3.03. The summed E-state index contributed by atoms with van der Waals surface area (Å²) in [5, 5.41) is 10.6. The largest absolute Gasteiger partial charge is 0.467 e. The van der Waals surface area contributed by atoms with Gasteiger partial charge in [0.15, 0.2) is 0 Å². The Kier molecular flexibility index (Phi) is 5.46. The molecule has 2 N–H and O–H groups in total. The van der Waals surface area contributed by atoms with Gasteiger partial charge in [0, 0.05) is 18.2 Å². The lowest BCUT2D eigenvalue weighted by atomic mass is 10.1. The van der Waals surface area contributed by atoms with E-state index in [2.05, 4.69) is 34.4 Å². The summed E-state index contributed by atoms with van der Waals surface area (Å²) < 4.78 is 5.22. The van der Waals surface area contributed by atoms with Crippen LogP contribution in [0.5, 0.6) is 0 Å². The Morgan fingerprint density at radius 1 is 1.21 bits per heavy atom. The number of nitrogens with one attached hydrogen (secondary N) is 2. The molecule has 1 aromatic carbocycles. The van der Waals surface area contributed by atoms with Gasteiger partial charge < -0.3 is 15.1 Å². The van der Waals surface area contributed by atoms with E-state index in [1.165, 1.54) is 5.56 Å². The molecular weight excluding hydrogens is 320 g/mol. The lowest BCUT2D eigenvalue weighted by Gasteiger charge is -2.13. The van der Waals surface area contributed by atoms with Crippen molar-refractivity contribution in [1.29, 1.82) is 0 Å². The predicted octanol–water partition coefficient (Wildman–Crippen LogP) is 4.12. The van der Waals surface area contributed by atoms with Crippen molar-refractivity contribution < 1.29 is 9.21 Å². The Morgan fingerprint density at radius 3 is 2.88 bits per heavy atom. The third-order valence-electron chi connectivity index (χ3n) is 3.85. The van der Waals surface area contributed by atoms with Gasteiger partial charge in [0.05, 0.1) is 12.8 Å². The first-order valence-corrected chi connectivity index (χ1v) is 8.81. The van der Waals surface area contributed by atoms with Gasteiger partial charge in [-0.3, -0.25) is 4.79 Å². The number of carbonyl (C=O) groups is 1. The Hall–Kier alpha value is -2.37. The van der Waals surface area contributed by atoms with Crippen LogP contribution in [0.25, 0.3) is 0 Å². The second kappa shape index (κ2) is 7.95. The van der Waals surface area contributed by atoms with Gasteiger partial charge in [-0.25, -0.2) is 0 Å². The molecule has 0 radical (unpaired) electrons. The number of rotatable bonds is 7. The summed E-state index contributed by atoms with van der Waals surface area (Å²) in [4.78, 5) is 12.2. The highest BCUT2D eigenvalue weighted by Crippen LogP contribution is 2.16. The third-order valence-corrected chi connectivity index (χ3v) is 4.55. The van der Waals surface area contributed by atoms with E-state index < -0.39 is 0 Å². The highest BCUT2D eigenvalue weighted by molar-refractivity contribution is 7.07. The van der Waals surface area contributed by atoms with Crippen molar-refractivity contribution in [2.45, 2.75) is 26.1 Å². The van der Waals surface area contributed by atoms with Gasteiger partial charge in [0.25, 0.3) is 5.91 Å². The zero-order chi connectivity index (χ0) is 16.8. The van der Waals surface area contributed by atoms with Gasteiger partial charge >= 0.3 is 0 Å². The fourth-order valence-corrected chi connectivity index (χ4v) is 3.17. The first kappa shape index (κ1) is 16.5. The maximum absolute atomic E-state index is 12.2. The molecule has 0 aliphatic heterocycles. The Balaban J connectivity index is 1.56. The van der Waals surface area contributed by atoms with Crippen LogP contribution < -0.4 is 10.6 Å². The van der Waals surface area contributed by atoms with E-state index in [4.69, 9.17) is 4.42 Å². The molecule has 0 aliphatic rings. The first-order chi connectivity index (χ1) is 11.7. The Morgan fingerprint density at radius 2 is 2.12 bits per heavy atom. The van der Waals surface area contributed by atoms with Crippen LogP contribution in [0.3, 0.4) is 0 Å². The summed E-state index contributed by atoms with van der Waals surface area (Å²) in [5.74, 6) is 0.643. The lowest BCUT2D eigenvalue weighted by Crippen LogP contribution is -2.23. The normalized spacial score (nSPS) is 12.0. The van der Waals surface area contributed by atoms with Crippen LogP contribution in [0.15, 0.2) is 63.9 Å². The van der Waals surface area contributed by atoms with Crippen LogP contribution >= 0.6 is 11.3 Å². The lowest BCUT2D eigenvalue weighted by molar-refractivity contribution is 0.0948. The highest BCUT2D eigenvalue weighted by Gasteiger charge is 2.08. The molecule has 1 atom stereocenters. The molecule has 0 spiro atoms. The minimum absolute atomic E-state index is 0.0980. The topological polar surface area (TPSA) is 54.3 Å². The minimum atomic E-state index is -0.0980. The van der Waals surface area contributed by atoms with Crippen LogP contribution in [-0.4, -0.2) is 5.91 Å². The zero-order valence-corrected chi connectivity index (χ0v) is 14.3. The van der Waals surface area contributed by atoms with E-state index in [0.29, 0.717) is 12.1 Å². The molecule has 3 aromatic rings. The molecule has 0 aliphatic carbocycles. The number of furan rings is 1. The monoisotopic (exact) mass is 340 g/mol. The summed E-state index contributed by atoms with van der Waals surface area (Å²) in [7, 11) is 0. The number of benzene rings is 1. The Labute approximate surface area is 145 Å². The molecule has 5 heteroatoms. The number of thiophene rings is 1. The van der Waals surface area contributed by atoms with Gasteiger partial charge in [0.1, 0.15) is 5.76 Å². The molecule has 24 heavy (non-hydrogen) atoms. The fourth-order valence-electron chi connectivity index (χ4n) is 2.42. The minimum Gasteiger partial charge on any atom is -0.467 e. The average molecular weight is 340 g/mol. The Bertz CT molecular complexity index is 767. The van der Waals surface area contributed by atoms with Gasteiger partial charge in [-0.2, -0.15) is 11.3 Å². The molecule has 0 saturated carbocycles. The van der Waals surface area contributed by atoms with Crippen LogP contribution in [-0.2, 0) is 13.1 Å². The third kappa shape index (κ3) is 4.34. The number of hydrogen-bond donors (Lipinski definition) is 2. The molecule has 2 aromatic heterocycles. The van der Waals surface area contributed by atoms with Crippen molar-refractivity contribution in [2.75, 3.05) is 0 Å². The highest BCUT2D eigenvalue weighted by atomic mass is 32.1. The fraction of sp³-hybridized carbons (Fsp3) is 0.211. The smallest absolute Gasteiger partial charge is 0.251 e.